The van der Waals surface area contributed by atoms with E-state index in [0.717, 1.165) is 41.8 Å². The molecule has 2 aliphatic rings. The van der Waals surface area contributed by atoms with Gasteiger partial charge in [-0.05, 0) is 25.7 Å². The molecule has 0 radical (unpaired) electrons. The van der Waals surface area contributed by atoms with Gasteiger partial charge in [0.05, 0.1) is 0 Å². The zero-order valence-corrected chi connectivity index (χ0v) is 12.0. The number of nitrogens with one attached hydrogen (secondary N) is 2. The maximum atomic E-state index is 11.4. The van der Waals surface area contributed by atoms with Gasteiger partial charge in [0.2, 0.25) is 0 Å². The lowest BCUT2D eigenvalue weighted by Gasteiger charge is -2.23. The zero-order valence-electron chi connectivity index (χ0n) is 11.2. The summed E-state index contributed by atoms with van der Waals surface area (Å²) in [6.07, 6.45) is 4.33. The molecule has 0 amide bonds. The van der Waals surface area contributed by atoms with Gasteiger partial charge in [0.15, 0.2) is 0 Å². The molecule has 1 aliphatic heterocycles. The van der Waals surface area contributed by atoms with Gasteiger partial charge in [0.25, 0.3) is 0 Å². The Kier molecular flexibility index (Phi) is 3.68. The van der Waals surface area contributed by atoms with E-state index in [1.54, 1.807) is 0 Å². The molecule has 19 heavy (non-hydrogen) atoms. The van der Waals surface area contributed by atoms with Crippen LogP contribution in [-0.2, 0) is 10.8 Å². The molecule has 104 valence electrons. The Balaban J connectivity index is 1.72. The fraction of sp³-hybridized carbons (Fsp3) is 0.692. The van der Waals surface area contributed by atoms with Gasteiger partial charge in [0.1, 0.15) is 17.5 Å². The minimum absolute atomic E-state index is 0.393. The molecule has 0 spiro atoms. The van der Waals surface area contributed by atoms with E-state index in [0.29, 0.717) is 12.0 Å². The van der Waals surface area contributed by atoms with Crippen LogP contribution >= 0.6 is 0 Å². The van der Waals surface area contributed by atoms with Gasteiger partial charge in [0, 0.05) is 47.4 Å². The van der Waals surface area contributed by atoms with Crippen molar-refractivity contribution in [3.05, 3.63) is 11.9 Å². The highest BCUT2D eigenvalue weighted by Crippen LogP contribution is 2.38. The lowest BCUT2D eigenvalue weighted by molar-refractivity contribution is 0.622. The Bertz CT molecular complexity index is 480. The summed E-state index contributed by atoms with van der Waals surface area (Å²) in [5, 5.41) is 6.57. The third-order valence-electron chi connectivity index (χ3n) is 3.68. The van der Waals surface area contributed by atoms with Crippen molar-refractivity contribution in [1.82, 2.24) is 9.97 Å². The Morgan fingerprint density at radius 3 is 2.47 bits per heavy atom. The van der Waals surface area contributed by atoms with Crippen LogP contribution in [0.1, 0.15) is 37.4 Å². The van der Waals surface area contributed by atoms with E-state index >= 15 is 0 Å². The zero-order chi connectivity index (χ0) is 13.2. The topological polar surface area (TPSA) is 66.9 Å². The standard InChI is InChI=1S/C13H20N4OS/c1-14-11-8-12(17-13(16-11)9-2-3-9)15-10-4-6-19(18)7-5-10/h8-10H,2-7H2,1H3,(H2,14,15,16,17). The van der Waals surface area contributed by atoms with Gasteiger partial charge >= 0.3 is 0 Å². The monoisotopic (exact) mass is 280 g/mol. The molecule has 1 saturated carbocycles. The average molecular weight is 280 g/mol. The lowest BCUT2D eigenvalue weighted by Crippen LogP contribution is -2.29. The van der Waals surface area contributed by atoms with Crippen LogP contribution in [0, 0.1) is 0 Å². The Hall–Kier alpha value is -1.17. The SMILES string of the molecule is CNc1cc(NC2CCS(=O)CC2)nc(C2CC2)n1. The van der Waals surface area contributed by atoms with E-state index in [-0.39, 0.29) is 0 Å². The van der Waals surface area contributed by atoms with E-state index in [2.05, 4.69) is 20.6 Å². The summed E-state index contributed by atoms with van der Waals surface area (Å²) in [6.45, 7) is 0. The minimum atomic E-state index is -0.612. The van der Waals surface area contributed by atoms with Crippen LogP contribution in [0.2, 0.25) is 0 Å². The van der Waals surface area contributed by atoms with E-state index < -0.39 is 10.8 Å². The molecule has 0 aromatic carbocycles. The van der Waals surface area contributed by atoms with Crippen LogP contribution in [0.4, 0.5) is 11.6 Å². The maximum Gasteiger partial charge on any atom is 0.136 e. The van der Waals surface area contributed by atoms with Gasteiger partial charge < -0.3 is 10.6 Å². The van der Waals surface area contributed by atoms with Crippen LogP contribution in [-0.4, -0.2) is 38.8 Å². The molecule has 0 bridgehead atoms. The van der Waals surface area contributed by atoms with Crippen molar-refractivity contribution >= 4 is 22.4 Å². The highest BCUT2D eigenvalue weighted by atomic mass is 32.2. The molecule has 5 nitrogen and oxygen atoms in total. The average Bonchev–Trinajstić information content (AvgIpc) is 3.25. The van der Waals surface area contributed by atoms with Gasteiger partial charge in [-0.3, -0.25) is 4.21 Å². The molecule has 0 atom stereocenters. The van der Waals surface area contributed by atoms with Crippen molar-refractivity contribution in [2.24, 2.45) is 0 Å². The van der Waals surface area contributed by atoms with Crippen molar-refractivity contribution < 1.29 is 4.21 Å². The summed E-state index contributed by atoms with van der Waals surface area (Å²) >= 11 is 0. The number of aromatic nitrogens is 2. The lowest BCUT2D eigenvalue weighted by atomic mass is 10.1. The van der Waals surface area contributed by atoms with Crippen molar-refractivity contribution in [1.29, 1.82) is 0 Å². The van der Waals surface area contributed by atoms with Crippen molar-refractivity contribution in [3.8, 4) is 0 Å². The van der Waals surface area contributed by atoms with Crippen LogP contribution in [0.5, 0.6) is 0 Å². The smallest absolute Gasteiger partial charge is 0.136 e. The first-order chi connectivity index (χ1) is 9.24. The second-order valence-electron chi connectivity index (χ2n) is 5.29. The Morgan fingerprint density at radius 2 is 1.84 bits per heavy atom. The van der Waals surface area contributed by atoms with Crippen LogP contribution in [0.25, 0.3) is 0 Å². The molecule has 2 fully saturated rings. The van der Waals surface area contributed by atoms with Crippen molar-refractivity contribution in [3.63, 3.8) is 0 Å². The van der Waals surface area contributed by atoms with Crippen LogP contribution in [0.15, 0.2) is 6.07 Å². The summed E-state index contributed by atoms with van der Waals surface area (Å²) in [6, 6.07) is 2.35. The summed E-state index contributed by atoms with van der Waals surface area (Å²) in [4.78, 5) is 9.13. The first-order valence-electron chi connectivity index (χ1n) is 6.93. The molecule has 3 rings (SSSR count). The van der Waals surface area contributed by atoms with Crippen molar-refractivity contribution in [2.45, 2.75) is 37.6 Å². The Morgan fingerprint density at radius 1 is 1.16 bits per heavy atom. The molecular weight excluding hydrogens is 260 g/mol. The van der Waals surface area contributed by atoms with Gasteiger partial charge in [-0.1, -0.05) is 0 Å². The second-order valence-corrected chi connectivity index (χ2v) is 6.98. The second kappa shape index (κ2) is 5.45. The number of hydrogen-bond acceptors (Lipinski definition) is 5. The molecule has 2 heterocycles. The van der Waals surface area contributed by atoms with E-state index in [1.165, 1.54) is 12.8 Å². The third kappa shape index (κ3) is 3.23. The first kappa shape index (κ1) is 12.8. The molecule has 1 aromatic rings. The fourth-order valence-corrected chi connectivity index (χ4v) is 3.64. The number of hydrogen-bond donors (Lipinski definition) is 2. The normalized spacial score (nSPS) is 27.0. The maximum absolute atomic E-state index is 11.4. The first-order valence-corrected chi connectivity index (χ1v) is 8.41. The number of nitrogens with zero attached hydrogens (tertiary/aromatic N) is 2. The minimum Gasteiger partial charge on any atom is -0.373 e. The molecule has 1 aromatic heterocycles. The Labute approximate surface area is 116 Å². The van der Waals surface area contributed by atoms with Crippen LogP contribution < -0.4 is 10.6 Å². The number of rotatable bonds is 4. The number of anilines is 2. The van der Waals surface area contributed by atoms with E-state index in [1.807, 2.05) is 13.1 Å². The quantitative estimate of drug-likeness (QED) is 0.879. The molecule has 0 unspecified atom stereocenters. The summed E-state index contributed by atoms with van der Waals surface area (Å²) in [5.74, 6) is 4.88. The molecule has 2 N–H and O–H groups in total. The largest absolute Gasteiger partial charge is 0.373 e. The summed E-state index contributed by atoms with van der Waals surface area (Å²) in [7, 11) is 1.27. The predicted molar refractivity (Wildman–Crippen MR) is 78.1 cm³/mol. The van der Waals surface area contributed by atoms with Gasteiger partial charge in [-0.2, -0.15) is 0 Å². The van der Waals surface area contributed by atoms with Gasteiger partial charge in [-0.15, -0.1) is 0 Å². The summed E-state index contributed by atoms with van der Waals surface area (Å²) in [5.41, 5.74) is 0. The van der Waals surface area contributed by atoms with Crippen molar-refractivity contribution in [2.75, 3.05) is 29.2 Å². The highest BCUT2D eigenvalue weighted by molar-refractivity contribution is 7.85. The highest BCUT2D eigenvalue weighted by Gasteiger charge is 2.27. The predicted octanol–water partition coefficient (Wildman–Crippen LogP) is 1.72. The van der Waals surface area contributed by atoms with Crippen LogP contribution in [0.3, 0.4) is 0 Å². The summed E-state index contributed by atoms with van der Waals surface area (Å²) < 4.78 is 11.4. The molecule has 1 aliphatic carbocycles. The van der Waals surface area contributed by atoms with E-state index in [9.17, 15) is 4.21 Å². The molecular formula is C13H20N4OS. The molecule has 1 saturated heterocycles. The van der Waals surface area contributed by atoms with E-state index in [4.69, 9.17) is 0 Å². The fourth-order valence-electron chi connectivity index (χ4n) is 2.34. The third-order valence-corrected chi connectivity index (χ3v) is 5.06. The van der Waals surface area contributed by atoms with Gasteiger partial charge in [-0.25, -0.2) is 9.97 Å². The molecule has 6 heteroatoms.